The molecule has 5 heteroatoms. The van der Waals surface area contributed by atoms with E-state index in [-0.39, 0.29) is 5.91 Å². The molecule has 29 heavy (non-hydrogen) atoms. The van der Waals surface area contributed by atoms with Crippen molar-refractivity contribution in [1.82, 2.24) is 10.6 Å². The van der Waals surface area contributed by atoms with Gasteiger partial charge in [-0.25, -0.2) is 4.79 Å². The van der Waals surface area contributed by atoms with Crippen molar-refractivity contribution < 1.29 is 14.3 Å². The van der Waals surface area contributed by atoms with Gasteiger partial charge in [0.25, 0.3) is 5.91 Å². The summed E-state index contributed by atoms with van der Waals surface area (Å²) >= 11 is 0. The summed E-state index contributed by atoms with van der Waals surface area (Å²) in [5.41, 5.74) is 3.09. The molecule has 0 radical (unpaired) electrons. The molecule has 0 aromatic heterocycles. The summed E-state index contributed by atoms with van der Waals surface area (Å²) in [7, 11) is 0. The maximum absolute atomic E-state index is 12.1. The van der Waals surface area contributed by atoms with Crippen LogP contribution < -0.4 is 15.4 Å². The third-order valence-corrected chi connectivity index (χ3v) is 4.76. The first-order chi connectivity index (χ1) is 13.9. The van der Waals surface area contributed by atoms with Crippen molar-refractivity contribution >= 4 is 12.0 Å². The van der Waals surface area contributed by atoms with Crippen molar-refractivity contribution in [3.05, 3.63) is 65.2 Å². The zero-order valence-electron chi connectivity index (χ0n) is 17.8. The first-order valence-corrected chi connectivity index (χ1v) is 10.3. The Morgan fingerprint density at radius 3 is 1.76 bits per heavy atom. The van der Waals surface area contributed by atoms with Crippen molar-refractivity contribution in [2.45, 2.75) is 52.4 Å². The summed E-state index contributed by atoms with van der Waals surface area (Å²) in [5.74, 6) is 1.35. The van der Waals surface area contributed by atoms with Crippen LogP contribution in [-0.2, 0) is 0 Å². The number of hydrogen-bond donors (Lipinski definition) is 2. The van der Waals surface area contributed by atoms with Gasteiger partial charge < -0.3 is 15.4 Å². The van der Waals surface area contributed by atoms with Crippen LogP contribution in [0.3, 0.4) is 0 Å². The molecule has 0 unspecified atom stereocenters. The number of nitrogens with one attached hydrogen (secondary N) is 2. The molecule has 0 atom stereocenters. The number of amides is 2. The average Bonchev–Trinajstić information content (AvgIpc) is 2.70. The highest BCUT2D eigenvalue weighted by atomic mass is 16.6. The number of ether oxygens (including phenoxy) is 1. The fraction of sp³-hybridized carbons (Fsp3) is 0.417. The van der Waals surface area contributed by atoms with Gasteiger partial charge in [-0.3, -0.25) is 4.79 Å². The third kappa shape index (κ3) is 7.60. The molecule has 2 aromatic carbocycles. The molecule has 0 aliphatic heterocycles. The summed E-state index contributed by atoms with van der Waals surface area (Å²) in [6.07, 6.45) is 1.07. The molecular formula is C24H32N2O3. The fourth-order valence-electron chi connectivity index (χ4n) is 2.83. The zero-order valence-corrected chi connectivity index (χ0v) is 17.8. The minimum Gasteiger partial charge on any atom is -0.410 e. The Bertz CT molecular complexity index is 781. The molecule has 2 N–H and O–H groups in total. The smallest absolute Gasteiger partial charge is 0.410 e. The lowest BCUT2D eigenvalue weighted by Crippen LogP contribution is -2.29. The van der Waals surface area contributed by atoms with E-state index in [1.807, 2.05) is 36.4 Å². The lowest BCUT2D eigenvalue weighted by molar-refractivity contribution is 0.0952. The molecule has 0 fully saturated rings. The Morgan fingerprint density at radius 1 is 0.759 bits per heavy atom. The number of rotatable bonds is 9. The fourth-order valence-corrected chi connectivity index (χ4v) is 2.83. The summed E-state index contributed by atoms with van der Waals surface area (Å²) in [4.78, 5) is 24.0. The van der Waals surface area contributed by atoms with Crippen molar-refractivity contribution in [1.29, 1.82) is 0 Å². The van der Waals surface area contributed by atoms with Gasteiger partial charge in [0, 0.05) is 18.7 Å². The van der Waals surface area contributed by atoms with E-state index in [0.29, 0.717) is 36.2 Å². The van der Waals surface area contributed by atoms with Crippen molar-refractivity contribution in [2.75, 3.05) is 13.1 Å². The number of carbonyl (C=O) groups excluding carboxylic acids is 2. The molecule has 5 nitrogen and oxygen atoms in total. The van der Waals surface area contributed by atoms with Crippen LogP contribution >= 0.6 is 0 Å². The van der Waals surface area contributed by atoms with Crippen LogP contribution in [0.5, 0.6) is 5.75 Å². The van der Waals surface area contributed by atoms with Gasteiger partial charge in [-0.05, 0) is 60.1 Å². The molecule has 0 aliphatic rings. The topological polar surface area (TPSA) is 67.4 Å². The molecule has 2 amide bonds. The highest BCUT2D eigenvalue weighted by Crippen LogP contribution is 2.18. The van der Waals surface area contributed by atoms with Crippen molar-refractivity contribution in [2.24, 2.45) is 0 Å². The third-order valence-electron chi connectivity index (χ3n) is 4.76. The Labute approximate surface area is 173 Å². The predicted octanol–water partition coefficient (Wildman–Crippen LogP) is 5.23. The molecule has 2 aromatic rings. The summed E-state index contributed by atoms with van der Waals surface area (Å²) in [5, 5.41) is 5.64. The van der Waals surface area contributed by atoms with Gasteiger partial charge in [0.05, 0.1) is 0 Å². The minimum atomic E-state index is -0.462. The normalized spacial score (nSPS) is 10.8. The van der Waals surface area contributed by atoms with E-state index in [1.54, 1.807) is 12.1 Å². The van der Waals surface area contributed by atoms with Crippen LogP contribution in [-0.4, -0.2) is 25.1 Å². The molecule has 0 heterocycles. The molecule has 0 spiro atoms. The number of hydrogen-bond acceptors (Lipinski definition) is 3. The number of carbonyl (C=O) groups is 2. The Hall–Kier alpha value is -2.82. The standard InChI is InChI=1S/C24H32N2O3/c1-17(2)19-7-9-21(10-8-19)23(27)25-15-5-6-16-26-24(28)29-22-13-11-20(12-14-22)18(3)4/h7-14,17-18H,5-6,15-16H2,1-4H3,(H,25,27)(H,26,28). The summed E-state index contributed by atoms with van der Waals surface area (Å²) < 4.78 is 5.26. The van der Waals surface area contributed by atoms with Crippen molar-refractivity contribution in [3.63, 3.8) is 0 Å². The quantitative estimate of drug-likeness (QED) is 0.570. The monoisotopic (exact) mass is 396 g/mol. The maximum Gasteiger partial charge on any atom is 0.412 e. The SMILES string of the molecule is CC(C)c1ccc(OC(=O)NCCCCNC(=O)c2ccc(C(C)C)cc2)cc1. The van der Waals surface area contributed by atoms with Gasteiger partial charge in [0.15, 0.2) is 0 Å². The molecule has 0 saturated heterocycles. The first-order valence-electron chi connectivity index (χ1n) is 10.3. The molecule has 0 saturated carbocycles. The largest absolute Gasteiger partial charge is 0.412 e. The van der Waals surface area contributed by atoms with Crippen molar-refractivity contribution in [3.8, 4) is 5.75 Å². The van der Waals surface area contributed by atoms with E-state index in [4.69, 9.17) is 4.74 Å². The number of unbranched alkanes of at least 4 members (excludes halogenated alkanes) is 1. The maximum atomic E-state index is 12.1. The highest BCUT2D eigenvalue weighted by Gasteiger charge is 2.07. The molecule has 2 rings (SSSR count). The van der Waals surface area contributed by atoms with Crippen LogP contribution in [0.15, 0.2) is 48.5 Å². The predicted molar refractivity (Wildman–Crippen MR) is 117 cm³/mol. The molecular weight excluding hydrogens is 364 g/mol. The average molecular weight is 397 g/mol. The number of benzene rings is 2. The van der Waals surface area contributed by atoms with Gasteiger partial charge in [-0.2, -0.15) is 0 Å². The van der Waals surface area contributed by atoms with Crippen LogP contribution in [0, 0.1) is 0 Å². The summed E-state index contributed by atoms with van der Waals surface area (Å²) in [6.45, 7) is 9.56. The van der Waals surface area contributed by atoms with E-state index < -0.39 is 6.09 Å². The molecule has 0 aliphatic carbocycles. The van der Waals surface area contributed by atoms with Crippen LogP contribution in [0.25, 0.3) is 0 Å². The second-order valence-electron chi connectivity index (χ2n) is 7.78. The highest BCUT2D eigenvalue weighted by molar-refractivity contribution is 5.94. The van der Waals surface area contributed by atoms with Gasteiger partial charge in [0.2, 0.25) is 0 Å². The van der Waals surface area contributed by atoms with Gasteiger partial charge >= 0.3 is 6.09 Å². The van der Waals surface area contributed by atoms with E-state index in [9.17, 15) is 9.59 Å². The molecule has 156 valence electrons. The van der Waals surface area contributed by atoms with Crippen LogP contribution in [0.2, 0.25) is 0 Å². The lowest BCUT2D eigenvalue weighted by Gasteiger charge is -2.09. The van der Waals surface area contributed by atoms with E-state index in [1.165, 1.54) is 11.1 Å². The van der Waals surface area contributed by atoms with Gasteiger partial charge in [-0.1, -0.05) is 52.0 Å². The van der Waals surface area contributed by atoms with Gasteiger partial charge in [0.1, 0.15) is 5.75 Å². The second kappa shape index (κ2) is 11.2. The lowest BCUT2D eigenvalue weighted by atomic mass is 10.0. The Balaban J connectivity index is 1.60. The van der Waals surface area contributed by atoms with E-state index in [0.717, 1.165) is 12.8 Å². The van der Waals surface area contributed by atoms with Crippen LogP contribution in [0.1, 0.15) is 73.9 Å². The van der Waals surface area contributed by atoms with Crippen LogP contribution in [0.4, 0.5) is 4.79 Å². The van der Waals surface area contributed by atoms with E-state index in [2.05, 4.69) is 38.3 Å². The molecule has 0 bridgehead atoms. The Morgan fingerprint density at radius 2 is 1.24 bits per heavy atom. The second-order valence-corrected chi connectivity index (χ2v) is 7.78. The first kappa shape index (κ1) is 22.5. The minimum absolute atomic E-state index is 0.0717. The summed E-state index contributed by atoms with van der Waals surface area (Å²) in [6, 6.07) is 15.2. The van der Waals surface area contributed by atoms with E-state index >= 15 is 0 Å². The zero-order chi connectivity index (χ0) is 21.2. The van der Waals surface area contributed by atoms with Gasteiger partial charge in [-0.15, -0.1) is 0 Å². The Kier molecular flexibility index (Phi) is 8.71.